The van der Waals surface area contributed by atoms with Crippen molar-refractivity contribution in [3.63, 3.8) is 0 Å². The summed E-state index contributed by atoms with van der Waals surface area (Å²) in [6.45, 7) is 10.5. The molecule has 27 heavy (non-hydrogen) atoms. The van der Waals surface area contributed by atoms with E-state index in [1.807, 2.05) is 41.8 Å². The molecule has 0 saturated carbocycles. The van der Waals surface area contributed by atoms with Crippen LogP contribution < -0.4 is 0 Å². The van der Waals surface area contributed by atoms with Gasteiger partial charge in [-0.15, -0.1) is 0 Å². The Hall–Kier alpha value is -1.96. The number of esters is 1. The van der Waals surface area contributed by atoms with Crippen molar-refractivity contribution in [1.29, 1.82) is 0 Å². The van der Waals surface area contributed by atoms with Gasteiger partial charge in [0.1, 0.15) is 19.2 Å². The number of rotatable bonds is 10. The van der Waals surface area contributed by atoms with Crippen LogP contribution in [-0.2, 0) is 20.9 Å². The lowest BCUT2D eigenvalue weighted by Crippen LogP contribution is -2.22. The molecule has 2 rings (SSSR count). The Bertz CT molecular complexity index is 738. The molecule has 0 N–H and O–H groups in total. The van der Waals surface area contributed by atoms with E-state index in [1.165, 1.54) is 0 Å². The average molecular weight is 391 g/mol. The highest BCUT2D eigenvalue weighted by atomic mass is 28.3. The first-order valence-corrected chi connectivity index (χ1v) is 12.9. The molecule has 1 aromatic carbocycles. The Balaban J connectivity index is 2.25. The summed E-state index contributed by atoms with van der Waals surface area (Å²) in [5.41, 5.74) is 1.94. The van der Waals surface area contributed by atoms with Crippen LogP contribution in [0.4, 0.5) is 0 Å². The lowest BCUT2D eigenvalue weighted by Gasteiger charge is -2.17. The van der Waals surface area contributed by atoms with Crippen molar-refractivity contribution in [3.8, 4) is 11.3 Å². The van der Waals surface area contributed by atoms with Crippen molar-refractivity contribution in [2.45, 2.75) is 39.3 Å². The molecular weight excluding hydrogens is 360 g/mol. The van der Waals surface area contributed by atoms with E-state index in [0.717, 1.165) is 23.1 Å². The van der Waals surface area contributed by atoms with E-state index in [-0.39, 0.29) is 6.61 Å². The van der Waals surface area contributed by atoms with E-state index < -0.39 is 14.0 Å². The van der Waals surface area contributed by atoms with Gasteiger partial charge in [-0.1, -0.05) is 50.0 Å². The van der Waals surface area contributed by atoms with Gasteiger partial charge in [-0.05, 0) is 13.0 Å². The van der Waals surface area contributed by atoms with Gasteiger partial charge in [0.25, 0.3) is 0 Å². The first kappa shape index (κ1) is 21.3. The topological polar surface area (TPSA) is 62.6 Å². The van der Waals surface area contributed by atoms with E-state index in [4.69, 9.17) is 14.2 Å². The molecule has 2 aromatic rings. The highest BCUT2D eigenvalue weighted by Gasteiger charge is 2.23. The molecule has 1 aromatic heterocycles. The monoisotopic (exact) mass is 390 g/mol. The fraction of sp³-hybridized carbons (Fsp3) is 0.500. The van der Waals surface area contributed by atoms with E-state index in [9.17, 15) is 4.79 Å². The molecule has 0 unspecified atom stereocenters. The van der Waals surface area contributed by atoms with Crippen LogP contribution in [0.3, 0.4) is 0 Å². The number of ether oxygens (including phenoxy) is 3. The van der Waals surface area contributed by atoms with Crippen LogP contribution in [0.1, 0.15) is 16.3 Å². The third kappa shape index (κ3) is 6.30. The molecular formula is C20H30N2O4Si. The Morgan fingerprint density at radius 1 is 1.11 bits per heavy atom. The molecule has 148 valence electrons. The predicted octanol–water partition coefficient (Wildman–Crippen LogP) is 3.97. The maximum atomic E-state index is 12.6. The number of nitrogens with zero attached hydrogens (tertiary/aromatic N) is 2. The summed E-state index contributed by atoms with van der Waals surface area (Å²) in [5, 5.41) is 0. The maximum Gasteiger partial charge on any atom is 0.359 e. The van der Waals surface area contributed by atoms with Crippen molar-refractivity contribution in [3.05, 3.63) is 41.9 Å². The van der Waals surface area contributed by atoms with Crippen molar-refractivity contribution in [2.75, 3.05) is 26.9 Å². The third-order valence-electron chi connectivity index (χ3n) is 4.14. The number of benzene rings is 1. The molecule has 0 atom stereocenters. The van der Waals surface area contributed by atoms with Crippen LogP contribution >= 0.6 is 0 Å². The van der Waals surface area contributed by atoms with Gasteiger partial charge in [-0.3, -0.25) is 0 Å². The standard InChI is InChI=1S/C20H30N2O4Si/c1-16-21-18(20(23)26-12-11-24-2)19(17-9-7-6-8-10-17)22(16)15-25-13-14-27(3,4)5/h6-10H,11-15H2,1-5H3. The smallest absolute Gasteiger partial charge is 0.359 e. The minimum Gasteiger partial charge on any atom is -0.458 e. The lowest BCUT2D eigenvalue weighted by molar-refractivity contribution is 0.0382. The first-order valence-electron chi connectivity index (χ1n) is 9.20. The molecule has 0 aliphatic heterocycles. The molecule has 0 saturated heterocycles. The van der Waals surface area contributed by atoms with Gasteiger partial charge in [0, 0.05) is 27.4 Å². The summed E-state index contributed by atoms with van der Waals surface area (Å²) >= 11 is 0. The Kier molecular flexibility index (Phi) is 7.76. The Labute approximate surface area is 162 Å². The van der Waals surface area contributed by atoms with Crippen LogP contribution in [0, 0.1) is 6.92 Å². The third-order valence-corrected chi connectivity index (χ3v) is 5.84. The molecule has 0 aliphatic rings. The number of hydrogen-bond donors (Lipinski definition) is 0. The SMILES string of the molecule is COCCOC(=O)c1nc(C)n(COCC[Si](C)(C)C)c1-c1ccccc1. The summed E-state index contributed by atoms with van der Waals surface area (Å²) in [4.78, 5) is 17.0. The van der Waals surface area contributed by atoms with Crippen LogP contribution in [-0.4, -0.2) is 50.5 Å². The maximum absolute atomic E-state index is 12.6. The second-order valence-corrected chi connectivity index (χ2v) is 13.2. The van der Waals surface area contributed by atoms with Gasteiger partial charge in [-0.2, -0.15) is 0 Å². The second-order valence-electron chi connectivity index (χ2n) is 7.63. The molecule has 1 heterocycles. The summed E-state index contributed by atoms with van der Waals surface area (Å²) in [6.07, 6.45) is 0. The van der Waals surface area contributed by atoms with Crippen molar-refractivity contribution in [1.82, 2.24) is 9.55 Å². The van der Waals surface area contributed by atoms with Gasteiger partial charge < -0.3 is 18.8 Å². The van der Waals surface area contributed by atoms with Crippen molar-refractivity contribution in [2.24, 2.45) is 0 Å². The second kappa shape index (κ2) is 9.82. The number of aryl methyl sites for hydroxylation is 1. The molecule has 7 heteroatoms. The number of aromatic nitrogens is 2. The average Bonchev–Trinajstić information content (AvgIpc) is 2.95. The molecule has 0 aliphatic carbocycles. The molecule has 0 spiro atoms. The fourth-order valence-electron chi connectivity index (χ4n) is 2.57. The largest absolute Gasteiger partial charge is 0.458 e. The highest BCUT2D eigenvalue weighted by molar-refractivity contribution is 6.76. The van der Waals surface area contributed by atoms with E-state index in [0.29, 0.717) is 25.6 Å². The number of carbonyl (C=O) groups excluding carboxylic acids is 1. The van der Waals surface area contributed by atoms with Crippen LogP contribution in [0.25, 0.3) is 11.3 Å². The predicted molar refractivity (Wildman–Crippen MR) is 109 cm³/mol. The Morgan fingerprint density at radius 2 is 1.81 bits per heavy atom. The fourth-order valence-corrected chi connectivity index (χ4v) is 3.33. The molecule has 6 nitrogen and oxygen atoms in total. The lowest BCUT2D eigenvalue weighted by atomic mass is 10.1. The number of hydrogen-bond acceptors (Lipinski definition) is 5. The van der Waals surface area contributed by atoms with Gasteiger partial charge in [0.2, 0.25) is 0 Å². The minimum absolute atomic E-state index is 0.197. The van der Waals surface area contributed by atoms with Gasteiger partial charge in [-0.25, -0.2) is 9.78 Å². The Morgan fingerprint density at radius 3 is 2.44 bits per heavy atom. The minimum atomic E-state index is -1.15. The first-order chi connectivity index (χ1) is 12.8. The zero-order valence-electron chi connectivity index (χ0n) is 16.9. The summed E-state index contributed by atoms with van der Waals surface area (Å²) in [6, 6.07) is 10.8. The molecule has 0 radical (unpaired) electrons. The van der Waals surface area contributed by atoms with E-state index in [1.54, 1.807) is 7.11 Å². The number of methoxy groups -OCH3 is 1. The summed E-state index contributed by atoms with van der Waals surface area (Å²) < 4.78 is 18.1. The van der Waals surface area contributed by atoms with Gasteiger partial charge >= 0.3 is 5.97 Å². The van der Waals surface area contributed by atoms with E-state index >= 15 is 0 Å². The molecule has 0 bridgehead atoms. The summed E-state index contributed by atoms with van der Waals surface area (Å²) in [7, 11) is 0.416. The van der Waals surface area contributed by atoms with Crippen molar-refractivity contribution >= 4 is 14.0 Å². The molecule has 0 fully saturated rings. The van der Waals surface area contributed by atoms with Gasteiger partial charge in [0.15, 0.2) is 5.69 Å². The normalized spacial score (nSPS) is 11.6. The van der Waals surface area contributed by atoms with Gasteiger partial charge in [0.05, 0.1) is 12.3 Å². The summed E-state index contributed by atoms with van der Waals surface area (Å²) in [5.74, 6) is 0.274. The van der Waals surface area contributed by atoms with Crippen molar-refractivity contribution < 1.29 is 19.0 Å². The zero-order chi connectivity index (χ0) is 19.9. The zero-order valence-corrected chi connectivity index (χ0v) is 17.9. The highest BCUT2D eigenvalue weighted by Crippen LogP contribution is 2.26. The number of carbonyl (C=O) groups is 1. The van der Waals surface area contributed by atoms with Crippen LogP contribution in [0.2, 0.25) is 25.7 Å². The molecule has 0 amide bonds. The number of imidazole rings is 1. The quantitative estimate of drug-likeness (QED) is 0.349. The van der Waals surface area contributed by atoms with Crippen LogP contribution in [0.15, 0.2) is 30.3 Å². The van der Waals surface area contributed by atoms with E-state index in [2.05, 4.69) is 24.6 Å². The van der Waals surface area contributed by atoms with Crippen LogP contribution in [0.5, 0.6) is 0 Å².